The van der Waals surface area contributed by atoms with Gasteiger partial charge in [0.05, 0.1) is 7.11 Å². The first-order valence-electron chi connectivity index (χ1n) is 6.84. The first-order chi connectivity index (χ1) is 10.3. The van der Waals surface area contributed by atoms with Crippen molar-refractivity contribution >= 4 is 6.09 Å². The van der Waals surface area contributed by atoms with E-state index >= 15 is 0 Å². The summed E-state index contributed by atoms with van der Waals surface area (Å²) in [6.07, 6.45) is 1.18. The standard InChI is InChI=1S/C14H19N5O3/c1-13(2,3)22-12(20)19-8-14(9-19,17-18-15)10-5-6-11(21-4)16-7-10/h5-7H,8-9H2,1-4H3. The number of pyridine rings is 1. The molecule has 118 valence electrons. The number of carbonyl (C=O) groups is 1. The second-order valence-electron chi connectivity index (χ2n) is 6.15. The van der Waals surface area contributed by atoms with Crippen molar-refractivity contribution in [3.63, 3.8) is 0 Å². The molecule has 0 bridgehead atoms. The molecule has 0 aromatic carbocycles. The third kappa shape index (κ3) is 3.23. The van der Waals surface area contributed by atoms with Crippen LogP contribution in [0.5, 0.6) is 5.88 Å². The summed E-state index contributed by atoms with van der Waals surface area (Å²) in [5.41, 5.74) is 8.20. The zero-order chi connectivity index (χ0) is 16.4. The van der Waals surface area contributed by atoms with E-state index in [1.54, 1.807) is 39.1 Å². The van der Waals surface area contributed by atoms with Crippen LogP contribution in [0.3, 0.4) is 0 Å². The van der Waals surface area contributed by atoms with Crippen molar-refractivity contribution in [2.24, 2.45) is 5.11 Å². The number of ether oxygens (including phenoxy) is 2. The van der Waals surface area contributed by atoms with Gasteiger partial charge in [0.2, 0.25) is 5.88 Å². The van der Waals surface area contributed by atoms with Crippen LogP contribution in [-0.2, 0) is 10.3 Å². The van der Waals surface area contributed by atoms with Crippen LogP contribution in [0, 0.1) is 0 Å². The van der Waals surface area contributed by atoms with Crippen LogP contribution < -0.4 is 4.74 Å². The SMILES string of the molecule is COc1ccc(C2(N=[N+]=[N-])CN(C(=O)OC(C)(C)C)C2)cn1. The van der Waals surface area contributed by atoms with E-state index in [1.165, 1.54) is 12.0 Å². The van der Waals surface area contributed by atoms with Crippen LogP contribution in [0.15, 0.2) is 23.4 Å². The summed E-state index contributed by atoms with van der Waals surface area (Å²) in [7, 11) is 1.53. The highest BCUT2D eigenvalue weighted by Gasteiger charge is 2.47. The van der Waals surface area contributed by atoms with Gasteiger partial charge in [-0.3, -0.25) is 0 Å². The summed E-state index contributed by atoms with van der Waals surface area (Å²) in [4.78, 5) is 20.5. The van der Waals surface area contributed by atoms with Crippen molar-refractivity contribution in [2.75, 3.05) is 20.2 Å². The number of aromatic nitrogens is 1. The number of amides is 1. The molecule has 1 fully saturated rings. The Labute approximate surface area is 128 Å². The van der Waals surface area contributed by atoms with Gasteiger partial charge >= 0.3 is 6.09 Å². The van der Waals surface area contributed by atoms with Crippen molar-refractivity contribution < 1.29 is 14.3 Å². The topological polar surface area (TPSA) is 100 Å². The van der Waals surface area contributed by atoms with Crippen molar-refractivity contribution in [3.05, 3.63) is 34.3 Å². The van der Waals surface area contributed by atoms with Gasteiger partial charge in [0.1, 0.15) is 11.1 Å². The number of nitrogens with zero attached hydrogens (tertiary/aromatic N) is 5. The third-order valence-electron chi connectivity index (χ3n) is 3.28. The summed E-state index contributed by atoms with van der Waals surface area (Å²) >= 11 is 0. The molecule has 0 N–H and O–H groups in total. The Morgan fingerprint density at radius 3 is 2.59 bits per heavy atom. The lowest BCUT2D eigenvalue weighted by Crippen LogP contribution is -2.60. The number of carbonyl (C=O) groups excluding carboxylic acids is 1. The molecule has 22 heavy (non-hydrogen) atoms. The number of hydrogen-bond donors (Lipinski definition) is 0. The molecule has 0 saturated carbocycles. The normalized spacial score (nSPS) is 16.3. The van der Waals surface area contributed by atoms with Gasteiger partial charge in [-0.1, -0.05) is 11.2 Å². The predicted octanol–water partition coefficient (Wildman–Crippen LogP) is 2.85. The van der Waals surface area contributed by atoms with Gasteiger partial charge in [0.25, 0.3) is 0 Å². The van der Waals surface area contributed by atoms with E-state index in [2.05, 4.69) is 15.0 Å². The molecule has 1 saturated heterocycles. The Morgan fingerprint density at radius 1 is 1.45 bits per heavy atom. The molecule has 2 rings (SSSR count). The highest BCUT2D eigenvalue weighted by molar-refractivity contribution is 5.70. The van der Waals surface area contributed by atoms with Gasteiger partial charge in [0, 0.05) is 30.3 Å². The summed E-state index contributed by atoms with van der Waals surface area (Å²) < 4.78 is 10.3. The Balaban J connectivity index is 2.13. The summed E-state index contributed by atoms with van der Waals surface area (Å²) in [5.74, 6) is 0.475. The maximum absolute atomic E-state index is 12.0. The van der Waals surface area contributed by atoms with E-state index < -0.39 is 17.2 Å². The molecule has 1 aromatic heterocycles. The fourth-order valence-corrected chi connectivity index (χ4v) is 2.21. The average molecular weight is 305 g/mol. The molecule has 1 aliphatic rings. The molecule has 0 atom stereocenters. The Morgan fingerprint density at radius 2 is 2.14 bits per heavy atom. The van der Waals surface area contributed by atoms with Gasteiger partial charge in [-0.2, -0.15) is 0 Å². The second kappa shape index (κ2) is 5.73. The van der Waals surface area contributed by atoms with Crippen molar-refractivity contribution in [1.29, 1.82) is 0 Å². The lowest BCUT2D eigenvalue weighted by molar-refractivity contribution is -0.00881. The monoisotopic (exact) mass is 305 g/mol. The summed E-state index contributed by atoms with van der Waals surface area (Å²) in [6, 6.07) is 3.48. The lowest BCUT2D eigenvalue weighted by Gasteiger charge is -2.47. The van der Waals surface area contributed by atoms with Gasteiger partial charge in [-0.15, -0.1) is 0 Å². The van der Waals surface area contributed by atoms with Crippen LogP contribution in [0.2, 0.25) is 0 Å². The highest BCUT2D eigenvalue weighted by atomic mass is 16.6. The molecule has 1 amide bonds. The number of rotatable bonds is 3. The number of azide groups is 1. The summed E-state index contributed by atoms with van der Waals surface area (Å²) in [6.45, 7) is 5.94. The molecule has 8 heteroatoms. The van der Waals surface area contributed by atoms with Crippen LogP contribution in [0.25, 0.3) is 10.4 Å². The second-order valence-corrected chi connectivity index (χ2v) is 6.15. The first-order valence-corrected chi connectivity index (χ1v) is 6.84. The number of likely N-dealkylation sites (tertiary alicyclic amines) is 1. The van der Waals surface area contributed by atoms with E-state index in [1.807, 2.05) is 0 Å². The van der Waals surface area contributed by atoms with E-state index in [4.69, 9.17) is 15.0 Å². The molecule has 1 aliphatic heterocycles. The van der Waals surface area contributed by atoms with E-state index in [-0.39, 0.29) is 13.1 Å². The zero-order valence-corrected chi connectivity index (χ0v) is 13.1. The fraction of sp³-hybridized carbons (Fsp3) is 0.571. The van der Waals surface area contributed by atoms with E-state index in [0.29, 0.717) is 5.88 Å². The fourth-order valence-electron chi connectivity index (χ4n) is 2.21. The van der Waals surface area contributed by atoms with Crippen LogP contribution in [0.1, 0.15) is 26.3 Å². The molecule has 8 nitrogen and oxygen atoms in total. The molecule has 0 spiro atoms. The lowest BCUT2D eigenvalue weighted by atomic mass is 9.84. The van der Waals surface area contributed by atoms with Crippen molar-refractivity contribution in [3.8, 4) is 5.88 Å². The highest BCUT2D eigenvalue weighted by Crippen LogP contribution is 2.37. The summed E-state index contributed by atoms with van der Waals surface area (Å²) in [5, 5.41) is 3.87. The minimum atomic E-state index is -0.801. The Hall–Kier alpha value is -2.47. The van der Waals surface area contributed by atoms with Crippen LogP contribution in [0.4, 0.5) is 4.79 Å². The third-order valence-corrected chi connectivity index (χ3v) is 3.28. The Bertz CT molecular complexity index is 596. The minimum absolute atomic E-state index is 0.264. The average Bonchev–Trinajstić information content (AvgIpc) is 2.40. The maximum atomic E-state index is 12.0. The molecule has 0 unspecified atom stereocenters. The molecule has 0 aliphatic carbocycles. The molecular formula is C14H19N5O3. The minimum Gasteiger partial charge on any atom is -0.481 e. The number of methoxy groups -OCH3 is 1. The molecular weight excluding hydrogens is 286 g/mol. The largest absolute Gasteiger partial charge is 0.481 e. The smallest absolute Gasteiger partial charge is 0.410 e. The van der Waals surface area contributed by atoms with Gasteiger partial charge in [0.15, 0.2) is 0 Å². The quantitative estimate of drug-likeness (QED) is 0.487. The maximum Gasteiger partial charge on any atom is 0.410 e. The zero-order valence-electron chi connectivity index (χ0n) is 13.1. The van der Waals surface area contributed by atoms with Gasteiger partial charge < -0.3 is 14.4 Å². The Kier molecular flexibility index (Phi) is 4.14. The van der Waals surface area contributed by atoms with Gasteiger partial charge in [-0.05, 0) is 31.9 Å². The predicted molar refractivity (Wildman–Crippen MR) is 79.4 cm³/mol. The molecule has 2 heterocycles. The number of hydrogen-bond acceptors (Lipinski definition) is 5. The van der Waals surface area contributed by atoms with Gasteiger partial charge in [-0.25, -0.2) is 9.78 Å². The molecule has 0 radical (unpaired) electrons. The van der Waals surface area contributed by atoms with Crippen LogP contribution in [-0.4, -0.2) is 41.8 Å². The van der Waals surface area contributed by atoms with Crippen LogP contribution >= 0.6 is 0 Å². The van der Waals surface area contributed by atoms with Crippen molar-refractivity contribution in [1.82, 2.24) is 9.88 Å². The first kappa shape index (κ1) is 15.9. The van der Waals surface area contributed by atoms with E-state index in [0.717, 1.165) is 5.56 Å². The van der Waals surface area contributed by atoms with E-state index in [9.17, 15) is 4.79 Å². The van der Waals surface area contributed by atoms with Crippen molar-refractivity contribution in [2.45, 2.75) is 31.9 Å². The molecule has 1 aromatic rings.